The molecule has 0 spiro atoms. The molecule has 4 nitrogen and oxygen atoms in total. The molecule has 4 heteroatoms. The largest absolute Gasteiger partial charge is 0.352 e. The summed E-state index contributed by atoms with van der Waals surface area (Å²) in [6.45, 7) is 0.790. The molecule has 0 atom stereocenters. The minimum atomic E-state index is -0.00824. The van der Waals surface area contributed by atoms with Crippen molar-refractivity contribution in [2.24, 2.45) is 13.0 Å². The monoisotopic (exact) mass is 221 g/mol. The van der Waals surface area contributed by atoms with Gasteiger partial charge in [0.2, 0.25) is 0 Å². The molecule has 0 saturated heterocycles. The molecule has 1 heterocycles. The maximum atomic E-state index is 11.7. The maximum Gasteiger partial charge on any atom is 0.254 e. The third-order valence-corrected chi connectivity index (χ3v) is 3.28. The summed E-state index contributed by atoms with van der Waals surface area (Å²) in [4.78, 5) is 11.7. The molecule has 1 aliphatic rings. The van der Waals surface area contributed by atoms with E-state index in [2.05, 4.69) is 10.4 Å². The average molecular weight is 221 g/mol. The summed E-state index contributed by atoms with van der Waals surface area (Å²) < 4.78 is 1.64. The van der Waals surface area contributed by atoms with Crippen molar-refractivity contribution in [1.29, 1.82) is 0 Å². The highest BCUT2D eigenvalue weighted by atomic mass is 16.1. The number of nitrogens with zero attached hydrogens (tertiary/aromatic N) is 2. The minimum Gasteiger partial charge on any atom is -0.352 e. The lowest BCUT2D eigenvalue weighted by molar-refractivity contribution is 0.0951. The Balaban J connectivity index is 1.71. The van der Waals surface area contributed by atoms with Crippen molar-refractivity contribution in [3.8, 4) is 0 Å². The molecule has 0 aromatic carbocycles. The lowest BCUT2D eigenvalue weighted by atomic mass is 10.0. The van der Waals surface area contributed by atoms with Crippen molar-refractivity contribution >= 4 is 5.91 Å². The molecular weight excluding hydrogens is 202 g/mol. The molecule has 16 heavy (non-hydrogen) atoms. The Morgan fingerprint density at radius 3 is 2.94 bits per heavy atom. The zero-order chi connectivity index (χ0) is 11.4. The fraction of sp³-hybridized carbons (Fsp3) is 0.667. The molecule has 1 aliphatic carbocycles. The van der Waals surface area contributed by atoms with Crippen LogP contribution in [0.25, 0.3) is 0 Å². The Hall–Kier alpha value is -1.32. The Morgan fingerprint density at radius 2 is 2.31 bits per heavy atom. The lowest BCUT2D eigenvalue weighted by Gasteiger charge is -2.08. The molecule has 1 saturated carbocycles. The fourth-order valence-electron chi connectivity index (χ4n) is 2.33. The van der Waals surface area contributed by atoms with E-state index >= 15 is 0 Å². The van der Waals surface area contributed by atoms with Gasteiger partial charge in [0.1, 0.15) is 0 Å². The van der Waals surface area contributed by atoms with E-state index in [1.54, 1.807) is 17.1 Å². The third-order valence-electron chi connectivity index (χ3n) is 3.28. The smallest absolute Gasteiger partial charge is 0.254 e. The van der Waals surface area contributed by atoms with E-state index in [0.29, 0.717) is 5.56 Å². The minimum absolute atomic E-state index is 0.00824. The van der Waals surface area contributed by atoms with Crippen LogP contribution in [0.15, 0.2) is 12.4 Å². The van der Waals surface area contributed by atoms with Crippen LogP contribution in [-0.4, -0.2) is 22.2 Å². The van der Waals surface area contributed by atoms with Crippen LogP contribution in [0, 0.1) is 5.92 Å². The highest BCUT2D eigenvalue weighted by Crippen LogP contribution is 2.26. The topological polar surface area (TPSA) is 46.9 Å². The summed E-state index contributed by atoms with van der Waals surface area (Å²) in [6, 6.07) is 0. The second-order valence-electron chi connectivity index (χ2n) is 4.60. The SMILES string of the molecule is Cn1cc(C(=O)NCCC2CCCC2)cn1. The van der Waals surface area contributed by atoms with Gasteiger partial charge in [-0.2, -0.15) is 5.10 Å². The van der Waals surface area contributed by atoms with Crippen molar-refractivity contribution in [2.75, 3.05) is 6.54 Å². The van der Waals surface area contributed by atoms with Crippen LogP contribution >= 0.6 is 0 Å². The molecule has 0 radical (unpaired) electrons. The van der Waals surface area contributed by atoms with Gasteiger partial charge in [0.25, 0.3) is 5.91 Å². The highest BCUT2D eigenvalue weighted by molar-refractivity contribution is 5.93. The van der Waals surface area contributed by atoms with Crippen LogP contribution in [0.5, 0.6) is 0 Å². The first-order valence-electron chi connectivity index (χ1n) is 6.02. The maximum absolute atomic E-state index is 11.7. The van der Waals surface area contributed by atoms with E-state index in [4.69, 9.17) is 0 Å². The van der Waals surface area contributed by atoms with Crippen LogP contribution in [0.2, 0.25) is 0 Å². The Bertz CT molecular complexity index is 353. The number of aromatic nitrogens is 2. The number of amides is 1. The summed E-state index contributed by atoms with van der Waals surface area (Å²) in [5, 5.41) is 6.93. The number of nitrogens with one attached hydrogen (secondary N) is 1. The van der Waals surface area contributed by atoms with Crippen LogP contribution in [-0.2, 0) is 7.05 Å². The second-order valence-corrected chi connectivity index (χ2v) is 4.60. The van der Waals surface area contributed by atoms with Crippen LogP contribution in [0.4, 0.5) is 0 Å². The summed E-state index contributed by atoms with van der Waals surface area (Å²) in [5.74, 6) is 0.820. The first-order chi connectivity index (χ1) is 7.75. The number of hydrogen-bond acceptors (Lipinski definition) is 2. The van der Waals surface area contributed by atoms with Crippen molar-refractivity contribution in [3.63, 3.8) is 0 Å². The second kappa shape index (κ2) is 5.14. The lowest BCUT2D eigenvalue weighted by Crippen LogP contribution is -2.25. The molecule has 1 aromatic rings. The van der Waals surface area contributed by atoms with Gasteiger partial charge in [0, 0.05) is 19.8 Å². The molecule has 1 amide bonds. The molecule has 2 rings (SSSR count). The average Bonchev–Trinajstić information content (AvgIpc) is 2.89. The number of carbonyl (C=O) groups excluding carboxylic acids is 1. The molecule has 1 fully saturated rings. The zero-order valence-corrected chi connectivity index (χ0v) is 9.78. The number of carbonyl (C=O) groups is 1. The van der Waals surface area contributed by atoms with Gasteiger partial charge in [-0.3, -0.25) is 9.48 Å². The van der Waals surface area contributed by atoms with Gasteiger partial charge in [-0.15, -0.1) is 0 Å². The van der Waals surface area contributed by atoms with E-state index in [0.717, 1.165) is 18.9 Å². The first-order valence-corrected chi connectivity index (χ1v) is 6.02. The van der Waals surface area contributed by atoms with E-state index in [9.17, 15) is 4.79 Å². The molecule has 0 unspecified atom stereocenters. The third kappa shape index (κ3) is 2.84. The standard InChI is InChI=1S/C12H19N3O/c1-15-9-11(8-14-15)12(16)13-7-6-10-4-2-3-5-10/h8-10H,2-7H2,1H3,(H,13,16). The molecule has 0 aliphatic heterocycles. The van der Waals surface area contributed by atoms with Crippen molar-refractivity contribution in [3.05, 3.63) is 18.0 Å². The van der Waals surface area contributed by atoms with Gasteiger partial charge in [0.05, 0.1) is 11.8 Å². The van der Waals surface area contributed by atoms with Gasteiger partial charge in [-0.25, -0.2) is 0 Å². The van der Waals surface area contributed by atoms with Gasteiger partial charge < -0.3 is 5.32 Å². The normalized spacial score (nSPS) is 16.6. The van der Waals surface area contributed by atoms with Crippen molar-refractivity contribution in [2.45, 2.75) is 32.1 Å². The fourth-order valence-corrected chi connectivity index (χ4v) is 2.33. The van der Waals surface area contributed by atoms with E-state index < -0.39 is 0 Å². The molecule has 88 valence electrons. The summed E-state index contributed by atoms with van der Waals surface area (Å²) in [7, 11) is 1.81. The molecule has 1 aromatic heterocycles. The van der Waals surface area contributed by atoms with Gasteiger partial charge in [-0.1, -0.05) is 25.7 Å². The van der Waals surface area contributed by atoms with Crippen LogP contribution < -0.4 is 5.32 Å². The van der Waals surface area contributed by atoms with Crippen molar-refractivity contribution in [1.82, 2.24) is 15.1 Å². The van der Waals surface area contributed by atoms with Crippen LogP contribution in [0.1, 0.15) is 42.5 Å². The molecule has 0 bridgehead atoms. The predicted molar refractivity (Wildman–Crippen MR) is 62.1 cm³/mol. The first kappa shape index (κ1) is 11.2. The van der Waals surface area contributed by atoms with Gasteiger partial charge in [-0.05, 0) is 12.3 Å². The van der Waals surface area contributed by atoms with Gasteiger partial charge >= 0.3 is 0 Å². The van der Waals surface area contributed by atoms with E-state index in [-0.39, 0.29) is 5.91 Å². The molecule has 1 N–H and O–H groups in total. The number of rotatable bonds is 4. The Morgan fingerprint density at radius 1 is 1.56 bits per heavy atom. The highest BCUT2D eigenvalue weighted by Gasteiger charge is 2.15. The Kier molecular flexibility index (Phi) is 3.59. The number of aryl methyl sites for hydroxylation is 1. The molecular formula is C12H19N3O. The quantitative estimate of drug-likeness (QED) is 0.841. The van der Waals surface area contributed by atoms with E-state index in [1.165, 1.54) is 25.7 Å². The predicted octanol–water partition coefficient (Wildman–Crippen LogP) is 1.73. The van der Waals surface area contributed by atoms with Crippen LogP contribution in [0.3, 0.4) is 0 Å². The summed E-state index contributed by atoms with van der Waals surface area (Å²) in [6.07, 6.45) is 9.86. The summed E-state index contributed by atoms with van der Waals surface area (Å²) in [5.41, 5.74) is 0.647. The van der Waals surface area contributed by atoms with Gasteiger partial charge in [0.15, 0.2) is 0 Å². The Labute approximate surface area is 96.0 Å². The zero-order valence-electron chi connectivity index (χ0n) is 9.78. The number of hydrogen-bond donors (Lipinski definition) is 1. The van der Waals surface area contributed by atoms with Crippen molar-refractivity contribution < 1.29 is 4.79 Å². The summed E-state index contributed by atoms with van der Waals surface area (Å²) >= 11 is 0. The van der Waals surface area contributed by atoms with E-state index in [1.807, 2.05) is 7.05 Å².